The predicted molar refractivity (Wildman–Crippen MR) is 123 cm³/mol. The van der Waals surface area contributed by atoms with Crippen molar-refractivity contribution in [2.24, 2.45) is 0 Å². The molecule has 0 spiro atoms. The van der Waals surface area contributed by atoms with Crippen LogP contribution in [-0.4, -0.2) is 31.4 Å². The van der Waals surface area contributed by atoms with Crippen molar-refractivity contribution in [3.8, 4) is 6.07 Å². The normalized spacial score (nSPS) is 13.2. The van der Waals surface area contributed by atoms with Crippen molar-refractivity contribution in [1.82, 2.24) is 19.7 Å². The van der Waals surface area contributed by atoms with Crippen LogP contribution in [0.5, 0.6) is 0 Å². The quantitative estimate of drug-likeness (QED) is 0.501. The van der Waals surface area contributed by atoms with Gasteiger partial charge in [-0.1, -0.05) is 0 Å². The van der Waals surface area contributed by atoms with Crippen molar-refractivity contribution < 1.29 is 4.79 Å². The number of carbonyl (C=O) groups excluding carboxylic acids is 1. The first-order valence-corrected chi connectivity index (χ1v) is 12.3. The summed E-state index contributed by atoms with van der Waals surface area (Å²) in [6, 6.07) is 3.88. The lowest BCUT2D eigenvalue weighted by Crippen LogP contribution is -2.16. The maximum absolute atomic E-state index is 12.6. The Balaban J connectivity index is 1.31. The van der Waals surface area contributed by atoms with E-state index in [1.54, 1.807) is 33.8 Å². The Morgan fingerprint density at radius 3 is 3.10 bits per heavy atom. The van der Waals surface area contributed by atoms with E-state index in [1.807, 2.05) is 6.92 Å². The third-order valence-electron chi connectivity index (χ3n) is 5.19. The smallest absolute Gasteiger partial charge is 0.259 e. The predicted octanol–water partition coefficient (Wildman–Crippen LogP) is 3.54. The van der Waals surface area contributed by atoms with Crippen LogP contribution in [0.15, 0.2) is 10.9 Å². The van der Waals surface area contributed by atoms with Gasteiger partial charge >= 0.3 is 0 Å². The Hall–Kier alpha value is -2.64. The molecular formula is C21H24N6O2S2. The molecule has 0 saturated heterocycles. The van der Waals surface area contributed by atoms with E-state index in [0.717, 1.165) is 35.2 Å². The molecule has 0 fully saturated rings. The number of hydrogen-bond donors (Lipinski definition) is 2. The number of nitrogens with zero attached hydrogens (tertiary/aromatic N) is 4. The van der Waals surface area contributed by atoms with Crippen LogP contribution in [-0.2, 0) is 29.9 Å². The molecule has 0 unspecified atom stereocenters. The van der Waals surface area contributed by atoms with Crippen LogP contribution in [0.1, 0.15) is 47.6 Å². The van der Waals surface area contributed by atoms with Crippen LogP contribution in [0.25, 0.3) is 10.2 Å². The number of fused-ring (bicyclic) bond motifs is 3. The molecular weight excluding hydrogens is 432 g/mol. The Kier molecular flexibility index (Phi) is 6.73. The summed E-state index contributed by atoms with van der Waals surface area (Å²) in [4.78, 5) is 34.6. The number of hydrogen-bond acceptors (Lipinski definition) is 7. The number of aryl methyl sites for hydroxylation is 4. The zero-order valence-corrected chi connectivity index (χ0v) is 19.0. The van der Waals surface area contributed by atoms with Gasteiger partial charge in [0.2, 0.25) is 5.91 Å². The molecule has 0 radical (unpaired) electrons. The molecule has 0 bridgehead atoms. The van der Waals surface area contributed by atoms with Gasteiger partial charge in [-0.3, -0.25) is 9.59 Å². The summed E-state index contributed by atoms with van der Waals surface area (Å²) in [5.41, 5.74) is 1.95. The monoisotopic (exact) mass is 456 g/mol. The van der Waals surface area contributed by atoms with Crippen LogP contribution in [0.3, 0.4) is 0 Å². The second-order valence-electron chi connectivity index (χ2n) is 7.56. The van der Waals surface area contributed by atoms with Gasteiger partial charge in [0.05, 0.1) is 35.9 Å². The van der Waals surface area contributed by atoms with Crippen LogP contribution >= 0.6 is 23.1 Å². The Bertz CT molecular complexity index is 1200. The number of nitriles is 1. The minimum atomic E-state index is -0.103. The molecule has 0 saturated carbocycles. The van der Waals surface area contributed by atoms with Crippen molar-refractivity contribution >= 4 is 45.0 Å². The van der Waals surface area contributed by atoms with Gasteiger partial charge in [-0.2, -0.15) is 22.1 Å². The Morgan fingerprint density at radius 1 is 1.42 bits per heavy atom. The molecule has 8 nitrogen and oxygen atoms in total. The summed E-state index contributed by atoms with van der Waals surface area (Å²) in [7, 11) is 0. The van der Waals surface area contributed by atoms with Gasteiger partial charge in [-0.05, 0) is 38.2 Å². The van der Waals surface area contributed by atoms with Crippen molar-refractivity contribution in [3.63, 3.8) is 0 Å². The molecule has 3 aromatic heterocycles. The highest BCUT2D eigenvalue weighted by molar-refractivity contribution is 7.98. The zero-order valence-electron chi connectivity index (χ0n) is 17.4. The average molecular weight is 457 g/mol. The topological polar surface area (TPSA) is 116 Å². The Morgan fingerprint density at radius 2 is 2.26 bits per heavy atom. The van der Waals surface area contributed by atoms with Gasteiger partial charge in [0, 0.05) is 23.1 Å². The number of anilines is 1. The van der Waals surface area contributed by atoms with E-state index in [1.165, 1.54) is 16.9 Å². The third kappa shape index (κ3) is 4.99. The van der Waals surface area contributed by atoms with Crippen LogP contribution in [0.4, 0.5) is 5.82 Å². The van der Waals surface area contributed by atoms with E-state index in [0.29, 0.717) is 42.5 Å². The summed E-state index contributed by atoms with van der Waals surface area (Å²) in [5, 5.41) is 16.7. The molecule has 0 aromatic carbocycles. The van der Waals surface area contributed by atoms with Gasteiger partial charge < -0.3 is 10.3 Å². The first-order chi connectivity index (χ1) is 15.0. The zero-order chi connectivity index (χ0) is 21.8. The largest absolute Gasteiger partial charge is 0.311 e. The number of aromatic amines is 1. The lowest BCUT2D eigenvalue weighted by Gasteiger charge is -2.09. The molecule has 10 heteroatoms. The van der Waals surface area contributed by atoms with Crippen molar-refractivity contribution in [1.29, 1.82) is 5.26 Å². The van der Waals surface area contributed by atoms with E-state index < -0.39 is 0 Å². The van der Waals surface area contributed by atoms with E-state index in [4.69, 9.17) is 5.26 Å². The first-order valence-electron chi connectivity index (χ1n) is 10.4. The SMILES string of the molecule is Cc1cc(NC(=O)CCSCc2nc3sc4c(c3c(=O)[nH]2)CCCC4)n(CCC#N)n1. The molecule has 4 rings (SSSR count). The number of amides is 1. The van der Waals surface area contributed by atoms with Crippen LogP contribution < -0.4 is 10.9 Å². The minimum Gasteiger partial charge on any atom is -0.311 e. The molecule has 3 aromatic rings. The van der Waals surface area contributed by atoms with E-state index in [-0.39, 0.29) is 11.5 Å². The molecule has 1 aliphatic rings. The van der Waals surface area contributed by atoms with E-state index in [2.05, 4.69) is 26.5 Å². The van der Waals surface area contributed by atoms with Crippen LogP contribution in [0.2, 0.25) is 0 Å². The number of rotatable bonds is 8. The van der Waals surface area contributed by atoms with Gasteiger partial charge in [0.15, 0.2) is 0 Å². The number of carbonyl (C=O) groups is 1. The van der Waals surface area contributed by atoms with E-state index in [9.17, 15) is 9.59 Å². The second kappa shape index (κ2) is 9.66. The first kappa shape index (κ1) is 21.6. The van der Waals surface area contributed by atoms with Crippen molar-refractivity contribution in [2.45, 2.75) is 57.7 Å². The summed E-state index contributed by atoms with van der Waals surface area (Å²) < 4.78 is 1.65. The molecule has 3 heterocycles. The fraction of sp³-hybridized carbons (Fsp3) is 0.476. The molecule has 1 amide bonds. The maximum atomic E-state index is 12.6. The molecule has 31 heavy (non-hydrogen) atoms. The molecule has 0 atom stereocenters. The third-order valence-corrected chi connectivity index (χ3v) is 7.35. The highest BCUT2D eigenvalue weighted by Crippen LogP contribution is 2.33. The summed E-state index contributed by atoms with van der Waals surface area (Å²) in [5.74, 6) is 2.33. The maximum Gasteiger partial charge on any atom is 0.259 e. The fourth-order valence-corrected chi connectivity index (χ4v) is 5.87. The van der Waals surface area contributed by atoms with Gasteiger partial charge in [-0.15, -0.1) is 11.3 Å². The number of thioether (sulfide) groups is 1. The van der Waals surface area contributed by atoms with Gasteiger partial charge in [0.25, 0.3) is 5.56 Å². The molecule has 162 valence electrons. The van der Waals surface area contributed by atoms with Crippen LogP contribution in [0, 0.1) is 18.3 Å². The Labute approximate surface area is 188 Å². The molecule has 1 aliphatic carbocycles. The summed E-state index contributed by atoms with van der Waals surface area (Å²) in [6.07, 6.45) is 5.01. The molecule has 0 aliphatic heterocycles. The van der Waals surface area contributed by atoms with E-state index >= 15 is 0 Å². The summed E-state index contributed by atoms with van der Waals surface area (Å²) in [6.45, 7) is 2.30. The highest BCUT2D eigenvalue weighted by atomic mass is 32.2. The number of H-pyrrole nitrogens is 1. The second-order valence-corrected chi connectivity index (χ2v) is 9.75. The van der Waals surface area contributed by atoms with Crippen molar-refractivity contribution in [3.05, 3.63) is 38.4 Å². The van der Waals surface area contributed by atoms with Gasteiger partial charge in [0.1, 0.15) is 16.5 Å². The van der Waals surface area contributed by atoms with Crippen molar-refractivity contribution in [2.75, 3.05) is 11.1 Å². The van der Waals surface area contributed by atoms with Gasteiger partial charge in [-0.25, -0.2) is 9.67 Å². The summed E-state index contributed by atoms with van der Waals surface area (Å²) >= 11 is 3.22. The lowest BCUT2D eigenvalue weighted by atomic mass is 9.97. The fourth-order valence-electron chi connectivity index (χ4n) is 3.79. The lowest BCUT2D eigenvalue weighted by molar-refractivity contribution is -0.115. The number of nitrogens with one attached hydrogen (secondary N) is 2. The average Bonchev–Trinajstić information content (AvgIpc) is 3.29. The minimum absolute atomic E-state index is 0.0428. The number of thiophene rings is 1. The number of aromatic nitrogens is 4. The standard InChI is InChI=1S/C21H24N6O2S2/c1-13-11-17(27(26-13)9-4-8-22)25-18(28)7-10-30-12-16-23-20(29)19-14-5-2-3-6-15(14)31-21(19)24-16/h11H,2-7,9-10,12H2,1H3,(H,25,28)(H,23,24,29). The molecule has 2 N–H and O–H groups in total. The highest BCUT2D eigenvalue weighted by Gasteiger charge is 2.19.